The van der Waals surface area contributed by atoms with Crippen LogP contribution in [0.5, 0.6) is 11.6 Å². The Morgan fingerprint density at radius 1 is 1.28 bits per heavy atom. The Kier molecular flexibility index (Phi) is 4.07. The van der Waals surface area contributed by atoms with Crippen LogP contribution in [0.25, 0.3) is 0 Å². The minimum absolute atomic E-state index is 0.0665. The van der Waals surface area contributed by atoms with Crippen LogP contribution < -0.4 is 4.74 Å². The van der Waals surface area contributed by atoms with Crippen LogP contribution in [-0.2, 0) is 6.61 Å². The molecule has 0 aliphatic heterocycles. The average molecular weight is 284 g/mol. The molecule has 2 rings (SSSR count). The van der Waals surface area contributed by atoms with Gasteiger partial charge in [-0.25, -0.2) is 4.98 Å². The van der Waals surface area contributed by atoms with E-state index in [4.69, 9.17) is 33.0 Å². The number of aliphatic hydroxyl groups excluding tert-OH is 1. The van der Waals surface area contributed by atoms with E-state index < -0.39 is 0 Å². The first-order valence-electron chi connectivity index (χ1n) is 5.30. The molecule has 94 valence electrons. The molecule has 1 heterocycles. The lowest BCUT2D eigenvalue weighted by atomic mass is 10.2. The zero-order valence-electron chi connectivity index (χ0n) is 9.65. The average Bonchev–Trinajstić information content (AvgIpc) is 2.34. The first-order valence-corrected chi connectivity index (χ1v) is 6.06. The zero-order chi connectivity index (χ0) is 13.1. The smallest absolute Gasteiger partial charge is 0.219 e. The van der Waals surface area contributed by atoms with Crippen molar-refractivity contribution in [1.29, 1.82) is 0 Å². The van der Waals surface area contributed by atoms with E-state index in [1.54, 1.807) is 30.3 Å². The van der Waals surface area contributed by atoms with E-state index in [1.807, 2.05) is 6.92 Å². The predicted molar refractivity (Wildman–Crippen MR) is 71.4 cm³/mol. The van der Waals surface area contributed by atoms with Crippen molar-refractivity contribution in [3.8, 4) is 11.6 Å². The fourth-order valence-corrected chi connectivity index (χ4v) is 1.86. The minimum Gasteiger partial charge on any atom is -0.437 e. The van der Waals surface area contributed by atoms with Gasteiger partial charge in [-0.1, -0.05) is 29.3 Å². The third-order valence-corrected chi connectivity index (χ3v) is 3.10. The van der Waals surface area contributed by atoms with Crippen molar-refractivity contribution in [2.45, 2.75) is 13.5 Å². The summed E-state index contributed by atoms with van der Waals surface area (Å²) in [5, 5.41) is 9.88. The van der Waals surface area contributed by atoms with Gasteiger partial charge in [-0.3, -0.25) is 0 Å². The normalized spacial score (nSPS) is 10.4. The first kappa shape index (κ1) is 13.1. The number of benzene rings is 1. The van der Waals surface area contributed by atoms with Crippen molar-refractivity contribution < 1.29 is 9.84 Å². The quantitative estimate of drug-likeness (QED) is 0.926. The molecule has 0 atom stereocenters. The Morgan fingerprint density at radius 2 is 2.06 bits per heavy atom. The number of hydrogen-bond acceptors (Lipinski definition) is 3. The molecule has 2 aromatic rings. The lowest BCUT2D eigenvalue weighted by molar-refractivity contribution is 0.281. The fraction of sp³-hybridized carbons (Fsp3) is 0.154. The Balaban J connectivity index is 2.34. The number of pyridine rings is 1. The Morgan fingerprint density at radius 3 is 2.78 bits per heavy atom. The number of nitrogens with zero attached hydrogens (tertiary/aromatic N) is 1. The van der Waals surface area contributed by atoms with E-state index >= 15 is 0 Å². The summed E-state index contributed by atoms with van der Waals surface area (Å²) in [6.45, 7) is 1.76. The predicted octanol–water partition coefficient (Wildman–Crippen LogP) is 3.98. The van der Waals surface area contributed by atoms with Crippen molar-refractivity contribution >= 4 is 23.2 Å². The maximum absolute atomic E-state index is 9.12. The van der Waals surface area contributed by atoms with Crippen LogP contribution in [0.1, 0.15) is 11.3 Å². The number of aliphatic hydroxyl groups is 1. The largest absolute Gasteiger partial charge is 0.437 e. The van der Waals surface area contributed by atoms with Crippen LogP contribution in [-0.4, -0.2) is 10.1 Å². The van der Waals surface area contributed by atoms with E-state index in [1.165, 1.54) is 0 Å². The van der Waals surface area contributed by atoms with Gasteiger partial charge in [-0.15, -0.1) is 0 Å². The van der Waals surface area contributed by atoms with Gasteiger partial charge in [0.25, 0.3) is 0 Å². The Hall–Kier alpha value is -1.29. The maximum Gasteiger partial charge on any atom is 0.219 e. The monoisotopic (exact) mass is 283 g/mol. The molecule has 0 aliphatic carbocycles. The third-order valence-electron chi connectivity index (χ3n) is 2.30. The second-order valence-electron chi connectivity index (χ2n) is 3.77. The van der Waals surface area contributed by atoms with Gasteiger partial charge in [0.2, 0.25) is 5.88 Å². The van der Waals surface area contributed by atoms with E-state index in [9.17, 15) is 0 Å². The molecule has 0 spiro atoms. The zero-order valence-corrected chi connectivity index (χ0v) is 11.2. The molecule has 0 bridgehead atoms. The molecule has 0 radical (unpaired) electrons. The number of aromatic nitrogens is 1. The molecule has 5 heteroatoms. The highest BCUT2D eigenvalue weighted by molar-refractivity contribution is 6.42. The molecular formula is C13H11Cl2NO2. The van der Waals surface area contributed by atoms with Crippen LogP contribution in [0.3, 0.4) is 0 Å². The van der Waals surface area contributed by atoms with Crippen LogP contribution in [0.4, 0.5) is 0 Å². The van der Waals surface area contributed by atoms with Crippen LogP contribution >= 0.6 is 23.2 Å². The van der Waals surface area contributed by atoms with Crippen molar-refractivity contribution in [3.63, 3.8) is 0 Å². The number of ether oxygens (including phenoxy) is 1. The third kappa shape index (κ3) is 2.93. The summed E-state index contributed by atoms with van der Waals surface area (Å²) in [5.74, 6) is 0.814. The number of hydrogen-bond donors (Lipinski definition) is 1. The van der Waals surface area contributed by atoms with Crippen molar-refractivity contribution in [2.24, 2.45) is 0 Å². The molecule has 18 heavy (non-hydrogen) atoms. The highest BCUT2D eigenvalue weighted by Gasteiger charge is 2.08. The Bertz CT molecular complexity index is 573. The topological polar surface area (TPSA) is 42.4 Å². The molecule has 0 aliphatic rings. The maximum atomic E-state index is 9.12. The summed E-state index contributed by atoms with van der Waals surface area (Å²) in [5.41, 5.74) is 1.49. The second-order valence-corrected chi connectivity index (χ2v) is 4.55. The van der Waals surface area contributed by atoms with Crippen molar-refractivity contribution in [1.82, 2.24) is 4.98 Å². The van der Waals surface area contributed by atoms with Crippen molar-refractivity contribution in [3.05, 3.63) is 51.6 Å². The lowest BCUT2D eigenvalue weighted by Crippen LogP contribution is -1.94. The molecule has 3 nitrogen and oxygen atoms in total. The van der Waals surface area contributed by atoms with Gasteiger partial charge >= 0.3 is 0 Å². The number of halogens is 2. The van der Waals surface area contributed by atoms with Gasteiger partial charge in [-0.2, -0.15) is 0 Å². The standard InChI is InChI=1S/C13H11Cl2NO2/c1-8-5-9(7-17)6-12(16-8)18-11-4-2-3-10(14)13(11)15/h2-6,17H,7H2,1H3. The van der Waals surface area contributed by atoms with Gasteiger partial charge in [-0.05, 0) is 30.7 Å². The molecule has 1 aromatic heterocycles. The molecule has 0 saturated heterocycles. The van der Waals surface area contributed by atoms with Gasteiger partial charge < -0.3 is 9.84 Å². The highest BCUT2D eigenvalue weighted by Crippen LogP contribution is 2.34. The van der Waals surface area contributed by atoms with Crippen LogP contribution in [0.15, 0.2) is 30.3 Å². The highest BCUT2D eigenvalue weighted by atomic mass is 35.5. The van der Waals surface area contributed by atoms with Gasteiger partial charge in [0.1, 0.15) is 10.8 Å². The molecule has 1 aromatic carbocycles. The minimum atomic E-state index is -0.0665. The summed E-state index contributed by atoms with van der Waals surface area (Å²) in [6.07, 6.45) is 0. The molecule has 0 amide bonds. The van der Waals surface area contributed by atoms with Gasteiger partial charge in [0, 0.05) is 11.8 Å². The van der Waals surface area contributed by atoms with E-state index in [2.05, 4.69) is 4.98 Å². The van der Waals surface area contributed by atoms with Gasteiger partial charge in [0.05, 0.1) is 11.6 Å². The summed E-state index contributed by atoms with van der Waals surface area (Å²) < 4.78 is 5.57. The summed E-state index contributed by atoms with van der Waals surface area (Å²) in [4.78, 5) is 4.21. The fourth-order valence-electron chi connectivity index (χ4n) is 1.53. The van der Waals surface area contributed by atoms with E-state index in [0.29, 0.717) is 21.7 Å². The van der Waals surface area contributed by atoms with Crippen LogP contribution in [0, 0.1) is 6.92 Å². The van der Waals surface area contributed by atoms with Gasteiger partial charge in [0.15, 0.2) is 0 Å². The first-order chi connectivity index (χ1) is 8.60. The van der Waals surface area contributed by atoms with E-state index in [0.717, 1.165) is 11.3 Å². The Labute approximate surface area is 115 Å². The molecule has 1 N–H and O–H groups in total. The molecular weight excluding hydrogens is 273 g/mol. The number of rotatable bonds is 3. The molecule has 0 fully saturated rings. The second kappa shape index (κ2) is 5.57. The lowest BCUT2D eigenvalue weighted by Gasteiger charge is -2.09. The molecule has 0 unspecified atom stereocenters. The molecule has 0 saturated carbocycles. The van der Waals surface area contributed by atoms with Crippen molar-refractivity contribution in [2.75, 3.05) is 0 Å². The summed E-state index contributed by atoms with van der Waals surface area (Å²) in [6, 6.07) is 8.57. The summed E-state index contributed by atoms with van der Waals surface area (Å²) >= 11 is 11.9. The summed E-state index contributed by atoms with van der Waals surface area (Å²) in [7, 11) is 0. The SMILES string of the molecule is Cc1cc(CO)cc(Oc2cccc(Cl)c2Cl)n1. The number of aryl methyl sites for hydroxylation is 1. The van der Waals surface area contributed by atoms with E-state index in [-0.39, 0.29) is 6.61 Å². The van der Waals surface area contributed by atoms with Crippen LogP contribution in [0.2, 0.25) is 10.0 Å².